The SMILES string of the molecule is CC(C)N(C[C@@H](C(=O)N1C2CCC1CN(c1ncnc3c1[C@@H]1C[C@@H]1C(=O)N3)C2)c1ccc(Cl)cc1)C(=O)OC(C)(C)C. The lowest BCUT2D eigenvalue weighted by molar-refractivity contribution is -0.136. The second-order valence-corrected chi connectivity index (χ2v) is 13.7. The van der Waals surface area contributed by atoms with Crippen LogP contribution in [0.3, 0.4) is 0 Å². The number of halogens is 1. The summed E-state index contributed by atoms with van der Waals surface area (Å²) in [6.07, 6.45) is 3.71. The first-order chi connectivity index (χ1) is 19.9. The van der Waals surface area contributed by atoms with Crippen LogP contribution in [0.4, 0.5) is 16.4 Å². The van der Waals surface area contributed by atoms with Crippen molar-refractivity contribution < 1.29 is 19.1 Å². The number of benzene rings is 1. The number of amides is 3. The van der Waals surface area contributed by atoms with E-state index >= 15 is 0 Å². The van der Waals surface area contributed by atoms with Gasteiger partial charge in [0.15, 0.2) is 0 Å². The number of rotatable bonds is 6. The Bertz CT molecular complexity index is 1380. The lowest BCUT2D eigenvalue weighted by Crippen LogP contribution is -2.58. The van der Waals surface area contributed by atoms with E-state index in [0.717, 1.165) is 36.2 Å². The molecule has 224 valence electrons. The number of aromatic nitrogens is 2. The molecule has 1 aromatic carbocycles. The molecule has 42 heavy (non-hydrogen) atoms. The molecule has 10 nitrogen and oxygen atoms in total. The van der Waals surface area contributed by atoms with Gasteiger partial charge in [-0.15, -0.1) is 0 Å². The van der Waals surface area contributed by atoms with Crippen molar-refractivity contribution in [2.75, 3.05) is 29.9 Å². The molecule has 11 heteroatoms. The minimum absolute atomic E-state index is 0.0100. The van der Waals surface area contributed by atoms with Gasteiger partial charge in [-0.2, -0.15) is 0 Å². The van der Waals surface area contributed by atoms with E-state index < -0.39 is 17.6 Å². The molecule has 2 aromatic rings. The number of hydrogen-bond donors (Lipinski definition) is 1. The Kier molecular flexibility index (Phi) is 7.32. The molecule has 2 bridgehead atoms. The predicted octanol–water partition coefficient (Wildman–Crippen LogP) is 4.79. The third-order valence-corrected chi connectivity index (χ3v) is 9.09. The van der Waals surface area contributed by atoms with Crippen LogP contribution in [-0.2, 0) is 14.3 Å². The molecule has 4 aliphatic rings. The van der Waals surface area contributed by atoms with Gasteiger partial charge in [0.05, 0.1) is 5.92 Å². The molecule has 1 aliphatic carbocycles. The van der Waals surface area contributed by atoms with Crippen molar-refractivity contribution in [3.63, 3.8) is 0 Å². The number of anilines is 2. The van der Waals surface area contributed by atoms with Crippen molar-refractivity contribution >= 4 is 41.1 Å². The lowest BCUT2D eigenvalue weighted by Gasteiger charge is -2.44. The van der Waals surface area contributed by atoms with Crippen molar-refractivity contribution in [1.82, 2.24) is 19.8 Å². The van der Waals surface area contributed by atoms with E-state index in [1.807, 2.05) is 46.8 Å². The van der Waals surface area contributed by atoms with Gasteiger partial charge >= 0.3 is 6.09 Å². The Morgan fingerprint density at radius 1 is 1.10 bits per heavy atom. The molecular formula is C31H39ClN6O4. The molecule has 4 heterocycles. The van der Waals surface area contributed by atoms with E-state index in [-0.39, 0.29) is 48.3 Å². The third kappa shape index (κ3) is 5.41. The number of carbonyl (C=O) groups is 3. The highest BCUT2D eigenvalue weighted by atomic mass is 35.5. The van der Waals surface area contributed by atoms with Crippen molar-refractivity contribution in [2.45, 2.75) is 89.4 Å². The lowest BCUT2D eigenvalue weighted by atomic mass is 9.95. The Morgan fingerprint density at radius 3 is 2.38 bits per heavy atom. The number of nitrogens with one attached hydrogen (secondary N) is 1. The molecule has 1 N–H and O–H groups in total. The van der Waals surface area contributed by atoms with Crippen molar-refractivity contribution in [1.29, 1.82) is 0 Å². The van der Waals surface area contributed by atoms with Gasteiger partial charge in [0.2, 0.25) is 11.8 Å². The van der Waals surface area contributed by atoms with Gasteiger partial charge in [-0.1, -0.05) is 23.7 Å². The van der Waals surface area contributed by atoms with Gasteiger partial charge in [-0.25, -0.2) is 14.8 Å². The van der Waals surface area contributed by atoms with Gasteiger partial charge in [0.1, 0.15) is 23.6 Å². The fourth-order valence-electron chi connectivity index (χ4n) is 6.74. The van der Waals surface area contributed by atoms with Gasteiger partial charge < -0.3 is 24.8 Å². The number of nitrogens with zero attached hydrogens (tertiary/aromatic N) is 5. The molecule has 3 fully saturated rings. The average Bonchev–Trinajstić information content (AvgIpc) is 3.68. The highest BCUT2D eigenvalue weighted by Crippen LogP contribution is 2.55. The first kappa shape index (κ1) is 28.7. The Morgan fingerprint density at radius 2 is 1.76 bits per heavy atom. The fraction of sp³-hybridized carbons (Fsp3) is 0.581. The topological polar surface area (TPSA) is 108 Å². The van der Waals surface area contributed by atoms with Gasteiger partial charge in [0, 0.05) is 60.2 Å². The molecule has 3 amide bonds. The highest BCUT2D eigenvalue weighted by Gasteiger charge is 2.52. The van der Waals surface area contributed by atoms with Crippen LogP contribution < -0.4 is 10.2 Å². The van der Waals surface area contributed by atoms with Gasteiger partial charge in [0.25, 0.3) is 0 Å². The smallest absolute Gasteiger partial charge is 0.410 e. The first-order valence-corrected chi connectivity index (χ1v) is 15.3. The number of carbonyl (C=O) groups excluding carboxylic acids is 3. The zero-order valence-corrected chi connectivity index (χ0v) is 25.6. The molecular weight excluding hydrogens is 556 g/mol. The Hall–Kier alpha value is -3.40. The second kappa shape index (κ2) is 10.7. The summed E-state index contributed by atoms with van der Waals surface area (Å²) in [5, 5.41) is 3.54. The molecule has 6 rings (SSSR count). The normalized spacial score (nSPS) is 25.0. The summed E-state index contributed by atoms with van der Waals surface area (Å²) in [4.78, 5) is 55.0. The number of fused-ring (bicyclic) bond motifs is 5. The largest absolute Gasteiger partial charge is 0.444 e. The molecule has 2 unspecified atom stereocenters. The summed E-state index contributed by atoms with van der Waals surface area (Å²) in [5.74, 6) is 1.17. The summed E-state index contributed by atoms with van der Waals surface area (Å²) in [5.41, 5.74) is 1.20. The molecule has 1 aromatic heterocycles. The molecule has 5 atom stereocenters. The van der Waals surface area contributed by atoms with Crippen LogP contribution in [0.2, 0.25) is 5.02 Å². The van der Waals surface area contributed by atoms with E-state index in [9.17, 15) is 14.4 Å². The van der Waals surface area contributed by atoms with Crippen LogP contribution >= 0.6 is 11.6 Å². The van der Waals surface area contributed by atoms with Crippen LogP contribution in [0.15, 0.2) is 30.6 Å². The van der Waals surface area contributed by atoms with Crippen molar-refractivity contribution in [3.05, 3.63) is 46.7 Å². The van der Waals surface area contributed by atoms with E-state index in [1.165, 1.54) is 6.33 Å². The summed E-state index contributed by atoms with van der Waals surface area (Å²) < 4.78 is 5.72. The Balaban J connectivity index is 1.26. The van der Waals surface area contributed by atoms with E-state index in [4.69, 9.17) is 16.3 Å². The van der Waals surface area contributed by atoms with Crippen LogP contribution in [0.5, 0.6) is 0 Å². The molecule has 1 saturated carbocycles. The standard InChI is InChI=1S/C31H39ClN6O4/c1-17(2)37(30(41)42-31(3,4)5)15-24(18-6-8-19(32)9-7-18)29(40)38-20-10-11-21(38)14-36(13-20)27-25-22-12-23(22)28(39)35-26(25)33-16-34-27/h6-9,16-17,20-24H,10-15H2,1-5H3,(H,33,34,35,39)/t20?,21?,22-,23+,24-/m1/s1. The minimum Gasteiger partial charge on any atom is -0.444 e. The van der Waals surface area contributed by atoms with Crippen LogP contribution in [0, 0.1) is 5.92 Å². The number of piperazine rings is 1. The number of ether oxygens (including phenoxy) is 1. The quantitative estimate of drug-likeness (QED) is 0.512. The predicted molar refractivity (Wildman–Crippen MR) is 160 cm³/mol. The summed E-state index contributed by atoms with van der Waals surface area (Å²) >= 11 is 6.21. The Labute approximate surface area is 251 Å². The van der Waals surface area contributed by atoms with Crippen LogP contribution in [-0.4, -0.2) is 81.0 Å². The summed E-state index contributed by atoms with van der Waals surface area (Å²) in [7, 11) is 0. The van der Waals surface area contributed by atoms with E-state index in [0.29, 0.717) is 23.9 Å². The maximum atomic E-state index is 14.5. The zero-order chi connectivity index (χ0) is 29.9. The number of hydrogen-bond acceptors (Lipinski definition) is 7. The van der Waals surface area contributed by atoms with Crippen LogP contribution in [0.25, 0.3) is 0 Å². The minimum atomic E-state index is -0.650. The van der Waals surface area contributed by atoms with Gasteiger partial charge in [-0.05, 0) is 71.6 Å². The third-order valence-electron chi connectivity index (χ3n) is 8.84. The van der Waals surface area contributed by atoms with E-state index in [2.05, 4.69) is 25.1 Å². The fourth-order valence-corrected chi connectivity index (χ4v) is 6.87. The molecule has 3 aliphatic heterocycles. The average molecular weight is 595 g/mol. The summed E-state index contributed by atoms with van der Waals surface area (Å²) in [6, 6.07) is 7.21. The maximum absolute atomic E-state index is 14.5. The zero-order valence-electron chi connectivity index (χ0n) is 24.8. The monoisotopic (exact) mass is 594 g/mol. The van der Waals surface area contributed by atoms with E-state index in [1.54, 1.807) is 17.0 Å². The molecule has 0 radical (unpaired) electrons. The van der Waals surface area contributed by atoms with Crippen LogP contribution in [0.1, 0.15) is 76.8 Å². The van der Waals surface area contributed by atoms with Gasteiger partial charge in [-0.3, -0.25) is 9.59 Å². The second-order valence-electron chi connectivity index (χ2n) is 13.3. The summed E-state index contributed by atoms with van der Waals surface area (Å²) in [6.45, 7) is 10.9. The van der Waals surface area contributed by atoms with Crippen molar-refractivity contribution in [2.24, 2.45) is 5.92 Å². The maximum Gasteiger partial charge on any atom is 0.410 e. The molecule has 2 saturated heterocycles. The highest BCUT2D eigenvalue weighted by molar-refractivity contribution is 6.30. The first-order valence-electron chi connectivity index (χ1n) is 14.9. The molecule has 0 spiro atoms. The van der Waals surface area contributed by atoms with Crippen molar-refractivity contribution in [3.8, 4) is 0 Å².